The summed E-state index contributed by atoms with van der Waals surface area (Å²) in [6.07, 6.45) is 1.55. The summed E-state index contributed by atoms with van der Waals surface area (Å²) < 4.78 is 13.3. The van der Waals surface area contributed by atoms with Crippen LogP contribution in [0.1, 0.15) is 5.56 Å². The van der Waals surface area contributed by atoms with E-state index in [0.717, 1.165) is 5.69 Å². The van der Waals surface area contributed by atoms with E-state index in [1.54, 1.807) is 12.3 Å². The Kier molecular flexibility index (Phi) is 3.62. The number of fused-ring (bicyclic) bond motifs is 1. The Hall–Kier alpha value is -3.08. The maximum absolute atomic E-state index is 13.3. The van der Waals surface area contributed by atoms with Crippen LogP contribution in [-0.2, 0) is 0 Å². The van der Waals surface area contributed by atoms with Crippen molar-refractivity contribution in [1.29, 1.82) is 0 Å². The number of anilines is 1. The first kappa shape index (κ1) is 13.9. The number of pyridine rings is 1. The van der Waals surface area contributed by atoms with Gasteiger partial charge in [0.15, 0.2) is 0 Å². The Bertz CT molecular complexity index is 901. The van der Waals surface area contributed by atoms with Crippen molar-refractivity contribution in [3.05, 3.63) is 82.5 Å². The Morgan fingerprint density at radius 3 is 2.68 bits per heavy atom. The smallest absolute Gasteiger partial charge is 0.257 e. The van der Waals surface area contributed by atoms with E-state index in [1.165, 1.54) is 18.2 Å². The first-order valence-electron chi connectivity index (χ1n) is 6.74. The second-order valence-electron chi connectivity index (χ2n) is 4.85. The molecule has 0 unspecified atom stereocenters. The number of nitrogens with two attached hydrogens (primary N) is 1. The van der Waals surface area contributed by atoms with Crippen LogP contribution in [0.2, 0.25) is 0 Å². The Morgan fingerprint density at radius 2 is 1.91 bits per heavy atom. The molecule has 3 aromatic rings. The van der Waals surface area contributed by atoms with Gasteiger partial charge in [0.25, 0.3) is 5.56 Å². The van der Waals surface area contributed by atoms with Gasteiger partial charge in [0.05, 0.1) is 11.3 Å². The SMILES string of the molecule is N/C(=C\Nc1ccccc1)c1cc2cc(F)ccc2[nH]c1=O. The third kappa shape index (κ3) is 2.83. The highest BCUT2D eigenvalue weighted by Gasteiger charge is 2.06. The van der Waals surface area contributed by atoms with E-state index in [0.29, 0.717) is 16.5 Å². The van der Waals surface area contributed by atoms with Crippen LogP contribution in [0.3, 0.4) is 0 Å². The van der Waals surface area contributed by atoms with Gasteiger partial charge in [-0.1, -0.05) is 18.2 Å². The fourth-order valence-electron chi connectivity index (χ4n) is 2.17. The van der Waals surface area contributed by atoms with Crippen molar-refractivity contribution in [1.82, 2.24) is 4.98 Å². The molecule has 0 aliphatic heterocycles. The van der Waals surface area contributed by atoms with Crippen LogP contribution in [0.4, 0.5) is 10.1 Å². The van der Waals surface area contributed by atoms with Gasteiger partial charge in [-0.2, -0.15) is 0 Å². The molecule has 0 fully saturated rings. The normalized spacial score (nSPS) is 11.6. The fraction of sp³-hybridized carbons (Fsp3) is 0. The van der Waals surface area contributed by atoms with E-state index < -0.39 is 0 Å². The lowest BCUT2D eigenvalue weighted by atomic mass is 10.1. The van der Waals surface area contributed by atoms with Crippen molar-refractivity contribution in [2.75, 3.05) is 5.32 Å². The van der Waals surface area contributed by atoms with Crippen molar-refractivity contribution in [2.45, 2.75) is 0 Å². The fourth-order valence-corrected chi connectivity index (χ4v) is 2.17. The van der Waals surface area contributed by atoms with Gasteiger partial charge in [-0.3, -0.25) is 4.79 Å². The molecule has 4 nitrogen and oxygen atoms in total. The lowest BCUT2D eigenvalue weighted by Gasteiger charge is -2.05. The predicted molar refractivity (Wildman–Crippen MR) is 86.8 cm³/mol. The van der Waals surface area contributed by atoms with Gasteiger partial charge in [-0.25, -0.2) is 4.39 Å². The molecule has 0 aliphatic carbocycles. The molecular formula is C17H14FN3O. The molecule has 0 amide bonds. The predicted octanol–water partition coefficient (Wildman–Crippen LogP) is 3.04. The number of benzene rings is 2. The molecule has 3 rings (SSSR count). The standard InChI is InChI=1S/C17H14FN3O/c18-12-6-7-16-11(8-12)9-14(17(22)21-16)15(19)10-20-13-4-2-1-3-5-13/h1-10,20H,19H2,(H,21,22)/b15-10-. The molecule has 2 aromatic carbocycles. The second-order valence-corrected chi connectivity index (χ2v) is 4.85. The van der Waals surface area contributed by atoms with Gasteiger partial charge in [0.2, 0.25) is 0 Å². The highest BCUT2D eigenvalue weighted by Crippen LogP contribution is 2.15. The molecule has 0 spiro atoms. The molecule has 110 valence electrons. The molecule has 1 aromatic heterocycles. The number of aromatic nitrogens is 1. The zero-order valence-corrected chi connectivity index (χ0v) is 11.6. The summed E-state index contributed by atoms with van der Waals surface area (Å²) in [6.45, 7) is 0. The second kappa shape index (κ2) is 5.73. The molecule has 22 heavy (non-hydrogen) atoms. The van der Waals surface area contributed by atoms with Crippen molar-refractivity contribution in [2.24, 2.45) is 5.73 Å². The summed E-state index contributed by atoms with van der Waals surface area (Å²) in [6, 6.07) is 15.2. The quantitative estimate of drug-likeness (QED) is 0.695. The molecule has 4 N–H and O–H groups in total. The van der Waals surface area contributed by atoms with Gasteiger partial charge in [-0.15, -0.1) is 0 Å². The summed E-state index contributed by atoms with van der Waals surface area (Å²) in [5.74, 6) is -0.365. The largest absolute Gasteiger partial charge is 0.397 e. The molecule has 0 aliphatic rings. The summed E-state index contributed by atoms with van der Waals surface area (Å²) in [4.78, 5) is 14.8. The third-order valence-corrected chi connectivity index (χ3v) is 3.29. The van der Waals surface area contributed by atoms with Gasteiger partial charge < -0.3 is 16.0 Å². The van der Waals surface area contributed by atoms with Crippen molar-refractivity contribution < 1.29 is 4.39 Å². The zero-order valence-electron chi connectivity index (χ0n) is 11.6. The van der Waals surface area contributed by atoms with Crippen molar-refractivity contribution in [3.8, 4) is 0 Å². The van der Waals surface area contributed by atoms with Crippen molar-refractivity contribution >= 4 is 22.3 Å². The lowest BCUT2D eigenvalue weighted by Crippen LogP contribution is -2.15. The van der Waals surface area contributed by atoms with Crippen LogP contribution in [0.5, 0.6) is 0 Å². The minimum Gasteiger partial charge on any atom is -0.397 e. The van der Waals surface area contributed by atoms with E-state index in [1.807, 2.05) is 30.3 Å². The average molecular weight is 295 g/mol. The van der Waals surface area contributed by atoms with Crippen LogP contribution >= 0.6 is 0 Å². The van der Waals surface area contributed by atoms with Crippen LogP contribution in [0.15, 0.2) is 65.6 Å². The molecule has 0 radical (unpaired) electrons. The topological polar surface area (TPSA) is 70.9 Å². The lowest BCUT2D eigenvalue weighted by molar-refractivity contribution is 0.629. The summed E-state index contributed by atoms with van der Waals surface area (Å²) in [7, 11) is 0. The molecule has 1 heterocycles. The van der Waals surface area contributed by atoms with Crippen LogP contribution in [0, 0.1) is 5.82 Å². The maximum Gasteiger partial charge on any atom is 0.257 e. The monoisotopic (exact) mass is 295 g/mol. The number of halogens is 1. The van der Waals surface area contributed by atoms with Crippen LogP contribution in [-0.4, -0.2) is 4.98 Å². The van der Waals surface area contributed by atoms with Gasteiger partial charge in [-0.05, 0) is 36.4 Å². The van der Waals surface area contributed by atoms with E-state index in [9.17, 15) is 9.18 Å². The van der Waals surface area contributed by atoms with Gasteiger partial charge in [0.1, 0.15) is 5.82 Å². The number of hydrogen-bond donors (Lipinski definition) is 3. The molecule has 0 atom stereocenters. The van der Waals surface area contributed by atoms with E-state index in [-0.39, 0.29) is 17.1 Å². The Morgan fingerprint density at radius 1 is 1.14 bits per heavy atom. The summed E-state index contributed by atoms with van der Waals surface area (Å²) in [5, 5.41) is 3.60. The van der Waals surface area contributed by atoms with Gasteiger partial charge in [0, 0.05) is 22.8 Å². The third-order valence-electron chi connectivity index (χ3n) is 3.29. The zero-order chi connectivity index (χ0) is 15.5. The Labute approximate surface area is 126 Å². The van der Waals surface area contributed by atoms with E-state index >= 15 is 0 Å². The highest BCUT2D eigenvalue weighted by atomic mass is 19.1. The number of nitrogens with one attached hydrogen (secondary N) is 2. The molecule has 0 saturated carbocycles. The first-order chi connectivity index (χ1) is 10.6. The van der Waals surface area contributed by atoms with Gasteiger partial charge >= 0.3 is 0 Å². The van der Waals surface area contributed by atoms with Crippen LogP contribution < -0.4 is 16.6 Å². The maximum atomic E-state index is 13.3. The summed E-state index contributed by atoms with van der Waals surface area (Å²) >= 11 is 0. The molecule has 0 saturated heterocycles. The number of aromatic amines is 1. The highest BCUT2D eigenvalue weighted by molar-refractivity contribution is 5.82. The number of hydrogen-bond acceptors (Lipinski definition) is 3. The molecule has 0 bridgehead atoms. The van der Waals surface area contributed by atoms with Crippen molar-refractivity contribution in [3.63, 3.8) is 0 Å². The molecule has 5 heteroatoms. The van der Waals surface area contributed by atoms with E-state index in [2.05, 4.69) is 10.3 Å². The molecular weight excluding hydrogens is 281 g/mol. The number of H-pyrrole nitrogens is 1. The van der Waals surface area contributed by atoms with E-state index in [4.69, 9.17) is 5.73 Å². The number of rotatable bonds is 3. The van der Waals surface area contributed by atoms with Crippen LogP contribution in [0.25, 0.3) is 16.6 Å². The average Bonchev–Trinajstić information content (AvgIpc) is 2.53. The first-order valence-corrected chi connectivity index (χ1v) is 6.74. The number of para-hydroxylation sites is 1. The minimum absolute atomic E-state index is 0.274. The Balaban J connectivity index is 1.98. The summed E-state index contributed by atoms with van der Waals surface area (Å²) in [5.41, 5.74) is 7.63. The minimum atomic E-state index is -0.365.